The molecule has 5 aromatic rings. The van der Waals surface area contributed by atoms with Crippen LogP contribution in [0.5, 0.6) is 5.75 Å². The van der Waals surface area contributed by atoms with Gasteiger partial charge in [-0.25, -0.2) is 9.48 Å². The van der Waals surface area contributed by atoms with E-state index in [1.165, 1.54) is 11.3 Å². The largest absolute Gasteiger partial charge is 0.422 e. The van der Waals surface area contributed by atoms with Crippen LogP contribution in [-0.2, 0) is 13.0 Å². The Labute approximate surface area is 223 Å². The number of rotatable bonds is 5. The van der Waals surface area contributed by atoms with Crippen molar-refractivity contribution in [1.29, 1.82) is 5.26 Å². The van der Waals surface area contributed by atoms with Gasteiger partial charge in [-0.3, -0.25) is 0 Å². The molecule has 0 saturated carbocycles. The van der Waals surface area contributed by atoms with Gasteiger partial charge < -0.3 is 9.30 Å². The van der Waals surface area contributed by atoms with Crippen molar-refractivity contribution in [3.63, 3.8) is 0 Å². The molecule has 0 atom stereocenters. The first-order valence-corrected chi connectivity index (χ1v) is 13.3. The van der Waals surface area contributed by atoms with Gasteiger partial charge in [0.2, 0.25) is 0 Å². The average Bonchev–Trinajstić information content (AvgIpc) is 3.59. The summed E-state index contributed by atoms with van der Waals surface area (Å²) in [6, 6.07) is 21.0. The number of carbonyl (C=O) groups excluding carboxylic acids is 1. The molecule has 4 heterocycles. The standard InChI is InChI=1S/C29H24N6O2S/c1-19-24-17-25(38-28(24)35(33-19)22-8-4-2-5-9-22)29(36)37-23-13-11-20(12-14-23)16-21(18-30)27-32-31-26-10-6-3-7-15-34(26)27/h2,4-5,8-9,11-14,16-17H,3,6-7,10,15H2,1H3/b21-16-. The first kappa shape index (κ1) is 23.8. The summed E-state index contributed by atoms with van der Waals surface area (Å²) < 4.78 is 9.57. The van der Waals surface area contributed by atoms with E-state index in [1.807, 2.05) is 60.1 Å². The molecule has 0 radical (unpaired) electrons. The third-order valence-electron chi connectivity index (χ3n) is 6.62. The maximum atomic E-state index is 13.0. The second-order valence-corrected chi connectivity index (χ2v) is 10.2. The highest BCUT2D eigenvalue weighted by Gasteiger charge is 2.20. The fourth-order valence-electron chi connectivity index (χ4n) is 4.68. The van der Waals surface area contributed by atoms with Gasteiger partial charge in [0.05, 0.1) is 17.0 Å². The minimum Gasteiger partial charge on any atom is -0.422 e. The molecule has 1 aliphatic heterocycles. The van der Waals surface area contributed by atoms with Crippen molar-refractivity contribution < 1.29 is 9.53 Å². The zero-order valence-electron chi connectivity index (χ0n) is 20.8. The molecule has 3 aromatic heterocycles. The number of nitriles is 1. The van der Waals surface area contributed by atoms with Crippen molar-refractivity contribution in [1.82, 2.24) is 24.5 Å². The molecule has 38 heavy (non-hydrogen) atoms. The van der Waals surface area contributed by atoms with Gasteiger partial charge in [0, 0.05) is 18.4 Å². The number of aromatic nitrogens is 5. The first-order chi connectivity index (χ1) is 18.6. The van der Waals surface area contributed by atoms with Gasteiger partial charge in [-0.05, 0) is 61.7 Å². The van der Waals surface area contributed by atoms with Crippen LogP contribution in [0.2, 0.25) is 0 Å². The van der Waals surface area contributed by atoms with E-state index in [4.69, 9.17) is 4.74 Å². The summed E-state index contributed by atoms with van der Waals surface area (Å²) in [5.74, 6) is 1.56. The molecule has 6 rings (SSSR count). The molecule has 0 fully saturated rings. The lowest BCUT2D eigenvalue weighted by atomic mass is 10.1. The summed E-state index contributed by atoms with van der Waals surface area (Å²) in [6.45, 7) is 2.76. The van der Waals surface area contributed by atoms with E-state index in [0.29, 0.717) is 22.0 Å². The van der Waals surface area contributed by atoms with Gasteiger partial charge in [0.15, 0.2) is 5.82 Å². The van der Waals surface area contributed by atoms with E-state index in [2.05, 4.69) is 25.9 Å². The number of hydrogen-bond acceptors (Lipinski definition) is 7. The van der Waals surface area contributed by atoms with E-state index in [1.54, 1.807) is 18.2 Å². The van der Waals surface area contributed by atoms with Crippen LogP contribution in [0.15, 0.2) is 60.7 Å². The maximum Gasteiger partial charge on any atom is 0.353 e. The summed E-state index contributed by atoms with van der Waals surface area (Å²) in [4.78, 5) is 14.4. The zero-order valence-corrected chi connectivity index (χ0v) is 21.6. The summed E-state index contributed by atoms with van der Waals surface area (Å²) in [6.07, 6.45) is 5.98. The highest BCUT2D eigenvalue weighted by Crippen LogP contribution is 2.31. The monoisotopic (exact) mass is 520 g/mol. The lowest BCUT2D eigenvalue weighted by molar-refractivity contribution is 0.0740. The highest BCUT2D eigenvalue weighted by atomic mass is 32.1. The minimum absolute atomic E-state index is 0.419. The van der Waals surface area contributed by atoms with Crippen molar-refractivity contribution in [2.45, 2.75) is 39.2 Å². The van der Waals surface area contributed by atoms with Crippen LogP contribution < -0.4 is 4.74 Å². The number of nitrogens with zero attached hydrogens (tertiary/aromatic N) is 6. The van der Waals surface area contributed by atoms with Crippen molar-refractivity contribution in [2.24, 2.45) is 0 Å². The molecule has 8 nitrogen and oxygen atoms in total. The van der Waals surface area contributed by atoms with E-state index >= 15 is 0 Å². The van der Waals surface area contributed by atoms with E-state index < -0.39 is 5.97 Å². The number of benzene rings is 2. The lowest BCUT2D eigenvalue weighted by Gasteiger charge is -2.06. The molecule has 0 unspecified atom stereocenters. The second kappa shape index (κ2) is 10.1. The Bertz CT molecular complexity index is 1700. The van der Waals surface area contributed by atoms with Crippen LogP contribution in [0.25, 0.3) is 27.6 Å². The van der Waals surface area contributed by atoms with Gasteiger partial charge >= 0.3 is 5.97 Å². The Hall–Kier alpha value is -4.55. The average molecular weight is 521 g/mol. The normalized spacial score (nSPS) is 13.6. The number of thiophene rings is 1. The fourth-order valence-corrected chi connectivity index (χ4v) is 5.74. The number of carbonyl (C=O) groups is 1. The molecule has 0 saturated heterocycles. The first-order valence-electron chi connectivity index (χ1n) is 12.5. The second-order valence-electron chi connectivity index (χ2n) is 9.19. The molecule has 0 bridgehead atoms. The molecule has 0 amide bonds. The SMILES string of the molecule is Cc1nn(-c2ccccc2)c2sc(C(=O)Oc3ccc(/C=C(/C#N)c4nnc5n4CCCCC5)cc3)cc12. The molecule has 2 aromatic carbocycles. The third-order valence-corrected chi connectivity index (χ3v) is 7.71. The van der Waals surface area contributed by atoms with Crippen LogP contribution in [-0.4, -0.2) is 30.5 Å². The Morgan fingerprint density at radius 2 is 1.89 bits per heavy atom. The molecule has 9 heteroatoms. The number of ether oxygens (including phenoxy) is 1. The topological polar surface area (TPSA) is 98.6 Å². The number of para-hydroxylation sites is 1. The van der Waals surface area contributed by atoms with Gasteiger partial charge in [-0.15, -0.1) is 21.5 Å². The van der Waals surface area contributed by atoms with Crippen LogP contribution in [0, 0.1) is 18.3 Å². The number of allylic oxidation sites excluding steroid dienone is 1. The van der Waals surface area contributed by atoms with Crippen LogP contribution in [0.4, 0.5) is 0 Å². The van der Waals surface area contributed by atoms with E-state index in [9.17, 15) is 10.1 Å². The number of fused-ring (bicyclic) bond motifs is 2. The van der Waals surface area contributed by atoms with Crippen LogP contribution in [0.3, 0.4) is 0 Å². The summed E-state index contributed by atoms with van der Waals surface area (Å²) in [5, 5.41) is 24.0. The molecule has 0 aliphatic carbocycles. The van der Waals surface area contributed by atoms with Crippen molar-refractivity contribution in [3.8, 4) is 17.5 Å². The Morgan fingerprint density at radius 3 is 2.68 bits per heavy atom. The quantitative estimate of drug-likeness (QED) is 0.160. The predicted molar refractivity (Wildman–Crippen MR) is 146 cm³/mol. The molecule has 188 valence electrons. The Morgan fingerprint density at radius 1 is 1.08 bits per heavy atom. The number of esters is 1. The molecule has 1 aliphatic rings. The molecule has 0 spiro atoms. The fraction of sp³-hybridized carbons (Fsp3) is 0.207. The van der Waals surface area contributed by atoms with Crippen molar-refractivity contribution in [2.75, 3.05) is 0 Å². The number of hydrogen-bond donors (Lipinski definition) is 0. The van der Waals surface area contributed by atoms with E-state index in [-0.39, 0.29) is 0 Å². The molecular formula is C29H24N6O2S. The Kier molecular flexibility index (Phi) is 6.32. The summed E-state index contributed by atoms with van der Waals surface area (Å²) in [5.41, 5.74) is 3.07. The van der Waals surface area contributed by atoms with Gasteiger partial charge in [0.1, 0.15) is 27.4 Å². The van der Waals surface area contributed by atoms with Crippen molar-refractivity contribution in [3.05, 3.63) is 88.4 Å². The third kappa shape index (κ3) is 4.51. The molecule has 0 N–H and O–H groups in total. The molecular weight excluding hydrogens is 496 g/mol. The van der Waals surface area contributed by atoms with Crippen molar-refractivity contribution >= 4 is 39.2 Å². The van der Waals surface area contributed by atoms with Gasteiger partial charge in [-0.2, -0.15) is 10.4 Å². The number of aryl methyl sites for hydroxylation is 2. The predicted octanol–water partition coefficient (Wildman–Crippen LogP) is 6.00. The lowest BCUT2D eigenvalue weighted by Crippen LogP contribution is -2.06. The Balaban J connectivity index is 1.21. The maximum absolute atomic E-state index is 13.0. The summed E-state index contributed by atoms with van der Waals surface area (Å²) >= 11 is 1.36. The van der Waals surface area contributed by atoms with Gasteiger partial charge in [0.25, 0.3) is 0 Å². The van der Waals surface area contributed by atoms with Crippen LogP contribution in [0.1, 0.15) is 51.8 Å². The summed E-state index contributed by atoms with van der Waals surface area (Å²) in [7, 11) is 0. The highest BCUT2D eigenvalue weighted by molar-refractivity contribution is 7.20. The van der Waals surface area contributed by atoms with E-state index in [0.717, 1.165) is 65.2 Å². The van der Waals surface area contributed by atoms with Gasteiger partial charge in [-0.1, -0.05) is 36.8 Å². The smallest absolute Gasteiger partial charge is 0.353 e. The zero-order chi connectivity index (χ0) is 26.1. The minimum atomic E-state index is -0.419. The van der Waals surface area contributed by atoms with Crippen LogP contribution >= 0.6 is 11.3 Å².